The van der Waals surface area contributed by atoms with Crippen LogP contribution in [-0.4, -0.2) is 41.3 Å². The molecule has 3 rings (SSSR count). The Bertz CT molecular complexity index is 942. The molecule has 1 saturated heterocycles. The molecule has 1 heterocycles. The summed E-state index contributed by atoms with van der Waals surface area (Å²) in [5.41, 5.74) is 3.72. The molecule has 1 unspecified atom stereocenters. The highest BCUT2D eigenvalue weighted by Gasteiger charge is 2.37. The molecule has 2 aromatic carbocycles. The molecule has 1 aliphatic rings. The van der Waals surface area contributed by atoms with Gasteiger partial charge in [0.2, 0.25) is 11.8 Å². The number of carbonyl (C=O) groups is 2. The summed E-state index contributed by atoms with van der Waals surface area (Å²) in [5, 5.41) is 2.92. The van der Waals surface area contributed by atoms with Crippen molar-refractivity contribution in [1.29, 1.82) is 0 Å². The number of thioether (sulfide) groups is 1. The van der Waals surface area contributed by atoms with E-state index < -0.39 is 5.25 Å². The number of aryl methyl sites for hydroxylation is 2. The molecule has 0 aromatic heterocycles. The number of para-hydroxylation sites is 2. The van der Waals surface area contributed by atoms with E-state index in [-0.39, 0.29) is 18.2 Å². The lowest BCUT2D eigenvalue weighted by Crippen LogP contribution is -2.30. The highest BCUT2D eigenvalue weighted by Crippen LogP contribution is 2.31. The molecule has 1 aliphatic heterocycles. The number of rotatable bonds is 5. The van der Waals surface area contributed by atoms with Crippen LogP contribution in [0, 0.1) is 13.8 Å². The molecule has 146 valence electrons. The van der Waals surface area contributed by atoms with Crippen molar-refractivity contribution in [3.05, 3.63) is 53.6 Å². The van der Waals surface area contributed by atoms with Crippen molar-refractivity contribution in [2.75, 3.05) is 19.5 Å². The summed E-state index contributed by atoms with van der Waals surface area (Å²) < 4.78 is 5.24. The molecule has 2 aromatic rings. The number of benzene rings is 2. The Balaban J connectivity index is 1.70. The number of amidine groups is 1. The van der Waals surface area contributed by atoms with Crippen molar-refractivity contribution in [2.45, 2.75) is 25.5 Å². The minimum absolute atomic E-state index is 0.0673. The molecule has 1 fully saturated rings. The van der Waals surface area contributed by atoms with Gasteiger partial charge in [0.25, 0.3) is 0 Å². The number of nitrogens with one attached hydrogen (secondary N) is 1. The summed E-state index contributed by atoms with van der Waals surface area (Å²) in [6.07, 6.45) is 0.0673. The molecule has 0 radical (unpaired) electrons. The fourth-order valence-corrected chi connectivity index (χ4v) is 3.97. The molecule has 28 heavy (non-hydrogen) atoms. The van der Waals surface area contributed by atoms with Crippen LogP contribution in [0.15, 0.2) is 47.5 Å². The van der Waals surface area contributed by atoms with Gasteiger partial charge in [0.05, 0.1) is 18.5 Å². The van der Waals surface area contributed by atoms with Gasteiger partial charge in [-0.1, -0.05) is 30.0 Å². The third-order valence-corrected chi connectivity index (χ3v) is 5.84. The van der Waals surface area contributed by atoms with Crippen LogP contribution in [0.5, 0.6) is 5.75 Å². The lowest BCUT2D eigenvalue weighted by atomic mass is 10.1. The van der Waals surface area contributed by atoms with Gasteiger partial charge in [-0.25, -0.2) is 4.99 Å². The Morgan fingerprint density at radius 1 is 1.21 bits per heavy atom. The van der Waals surface area contributed by atoms with E-state index in [1.54, 1.807) is 26.3 Å². The number of nitrogens with zero attached hydrogens (tertiary/aromatic N) is 2. The minimum Gasteiger partial charge on any atom is -0.495 e. The lowest BCUT2D eigenvalue weighted by Gasteiger charge is -2.11. The van der Waals surface area contributed by atoms with Crippen LogP contribution in [0.1, 0.15) is 17.5 Å². The van der Waals surface area contributed by atoms with E-state index in [4.69, 9.17) is 4.74 Å². The largest absolute Gasteiger partial charge is 0.495 e. The fraction of sp³-hybridized carbons (Fsp3) is 0.286. The molecular formula is C21H23N3O3S. The molecule has 0 saturated carbocycles. The predicted octanol–water partition coefficient (Wildman–Crippen LogP) is 3.90. The Morgan fingerprint density at radius 2 is 1.96 bits per heavy atom. The number of aliphatic imine (C=N–C) groups is 1. The number of amides is 2. The van der Waals surface area contributed by atoms with Gasteiger partial charge in [-0.2, -0.15) is 0 Å². The van der Waals surface area contributed by atoms with E-state index in [0.717, 1.165) is 11.3 Å². The number of methoxy groups -OCH3 is 1. The van der Waals surface area contributed by atoms with Crippen LogP contribution in [0.25, 0.3) is 0 Å². The van der Waals surface area contributed by atoms with Gasteiger partial charge in [-0.05, 0) is 49.2 Å². The maximum absolute atomic E-state index is 12.6. The highest BCUT2D eigenvalue weighted by atomic mass is 32.2. The zero-order chi connectivity index (χ0) is 20.3. The maximum atomic E-state index is 12.6. The summed E-state index contributed by atoms with van der Waals surface area (Å²) in [4.78, 5) is 31.1. The Hall–Kier alpha value is -2.80. The van der Waals surface area contributed by atoms with Gasteiger partial charge in [-0.3, -0.25) is 14.5 Å². The summed E-state index contributed by atoms with van der Waals surface area (Å²) in [6, 6.07) is 13.1. The first-order valence-electron chi connectivity index (χ1n) is 8.92. The molecule has 1 atom stereocenters. The number of carbonyl (C=O) groups excluding carboxylic acids is 2. The van der Waals surface area contributed by atoms with Gasteiger partial charge in [0.1, 0.15) is 11.0 Å². The van der Waals surface area contributed by atoms with E-state index in [1.165, 1.54) is 22.2 Å². The average molecular weight is 398 g/mol. The molecule has 0 aliphatic carbocycles. The standard InChI is InChI=1S/C21H23N3O3S/c1-13-9-10-15(11-14(13)2)22-21-24(3)20(26)18(28-21)12-19(25)23-16-7-5-6-8-17(16)27-4/h5-11,18H,12H2,1-4H3,(H,23,25). The van der Waals surface area contributed by atoms with E-state index in [9.17, 15) is 9.59 Å². The molecule has 2 amide bonds. The van der Waals surface area contributed by atoms with Crippen LogP contribution < -0.4 is 10.1 Å². The molecule has 0 spiro atoms. The monoisotopic (exact) mass is 397 g/mol. The first-order valence-corrected chi connectivity index (χ1v) is 9.80. The van der Waals surface area contributed by atoms with Crippen LogP contribution in [0.2, 0.25) is 0 Å². The zero-order valence-corrected chi connectivity index (χ0v) is 17.2. The third kappa shape index (κ3) is 4.36. The highest BCUT2D eigenvalue weighted by molar-refractivity contribution is 8.15. The Kier molecular flexibility index (Phi) is 6.04. The lowest BCUT2D eigenvalue weighted by molar-refractivity contribution is -0.127. The van der Waals surface area contributed by atoms with Gasteiger partial charge < -0.3 is 10.1 Å². The van der Waals surface area contributed by atoms with Crippen molar-refractivity contribution < 1.29 is 14.3 Å². The second-order valence-corrected chi connectivity index (χ2v) is 7.79. The SMILES string of the molecule is COc1ccccc1NC(=O)CC1SC(=Nc2ccc(C)c(C)c2)N(C)C1=O. The summed E-state index contributed by atoms with van der Waals surface area (Å²) in [6.45, 7) is 4.07. The van der Waals surface area contributed by atoms with Crippen LogP contribution in [0.3, 0.4) is 0 Å². The topological polar surface area (TPSA) is 71.0 Å². The smallest absolute Gasteiger partial charge is 0.242 e. The molecule has 6 nitrogen and oxygen atoms in total. The van der Waals surface area contributed by atoms with Crippen LogP contribution in [0.4, 0.5) is 11.4 Å². The van der Waals surface area contributed by atoms with E-state index in [1.807, 2.05) is 44.2 Å². The number of ether oxygens (including phenoxy) is 1. The summed E-state index contributed by atoms with van der Waals surface area (Å²) >= 11 is 1.31. The van der Waals surface area contributed by atoms with Crippen molar-refractivity contribution in [3.63, 3.8) is 0 Å². The van der Waals surface area contributed by atoms with Crippen molar-refractivity contribution >= 4 is 40.1 Å². The second-order valence-electron chi connectivity index (χ2n) is 6.62. The Morgan fingerprint density at radius 3 is 2.68 bits per heavy atom. The van der Waals surface area contributed by atoms with Crippen LogP contribution >= 0.6 is 11.8 Å². The summed E-state index contributed by atoms with van der Waals surface area (Å²) in [7, 11) is 3.24. The maximum Gasteiger partial charge on any atom is 0.242 e. The van der Waals surface area contributed by atoms with Gasteiger partial charge >= 0.3 is 0 Å². The number of hydrogen-bond acceptors (Lipinski definition) is 5. The fourth-order valence-electron chi connectivity index (χ4n) is 2.82. The normalized spacial score (nSPS) is 17.9. The van der Waals surface area contributed by atoms with Crippen molar-refractivity contribution in [2.24, 2.45) is 4.99 Å². The van der Waals surface area contributed by atoms with Gasteiger partial charge in [0, 0.05) is 13.5 Å². The van der Waals surface area contributed by atoms with E-state index in [2.05, 4.69) is 10.3 Å². The first kappa shape index (κ1) is 19.9. The van der Waals surface area contributed by atoms with Gasteiger partial charge in [0.15, 0.2) is 5.17 Å². The molecular weight excluding hydrogens is 374 g/mol. The first-order chi connectivity index (χ1) is 13.4. The van der Waals surface area contributed by atoms with E-state index in [0.29, 0.717) is 16.6 Å². The number of anilines is 1. The predicted molar refractivity (Wildman–Crippen MR) is 113 cm³/mol. The van der Waals surface area contributed by atoms with E-state index >= 15 is 0 Å². The third-order valence-electron chi connectivity index (χ3n) is 4.61. The minimum atomic E-state index is -0.495. The summed E-state index contributed by atoms with van der Waals surface area (Å²) in [5.74, 6) is 0.217. The molecule has 7 heteroatoms. The second kappa shape index (κ2) is 8.48. The van der Waals surface area contributed by atoms with Crippen LogP contribution in [-0.2, 0) is 9.59 Å². The quantitative estimate of drug-likeness (QED) is 0.831. The average Bonchev–Trinajstić information content (AvgIpc) is 2.93. The number of hydrogen-bond donors (Lipinski definition) is 1. The van der Waals surface area contributed by atoms with Crippen molar-refractivity contribution in [1.82, 2.24) is 4.90 Å². The zero-order valence-electron chi connectivity index (χ0n) is 16.4. The molecule has 0 bridgehead atoms. The van der Waals surface area contributed by atoms with Crippen molar-refractivity contribution in [3.8, 4) is 5.75 Å². The molecule has 1 N–H and O–H groups in total. The Labute approximate surface area is 169 Å². The van der Waals surface area contributed by atoms with Gasteiger partial charge in [-0.15, -0.1) is 0 Å².